The van der Waals surface area contributed by atoms with E-state index in [1.54, 1.807) is 0 Å². The first-order valence-corrected chi connectivity index (χ1v) is 11.2. The fraction of sp³-hybridized carbons (Fsp3) is 0.652. The summed E-state index contributed by atoms with van der Waals surface area (Å²) in [6.07, 6.45) is 13.6. The van der Waals surface area contributed by atoms with Crippen LogP contribution in [0.4, 0.5) is 4.79 Å². The predicted molar refractivity (Wildman–Crippen MR) is 114 cm³/mol. The highest BCUT2D eigenvalue weighted by molar-refractivity contribution is 6.58. The first-order valence-electron chi connectivity index (χ1n) is 11.2. The van der Waals surface area contributed by atoms with Crippen molar-refractivity contribution in [3.05, 3.63) is 35.9 Å². The number of rotatable bonds is 6. The molecule has 2 atom stereocenters. The molecule has 0 aliphatic carbocycles. The average Bonchev–Trinajstić information content (AvgIpc) is 3.15. The quantitative estimate of drug-likeness (QED) is 0.569. The van der Waals surface area contributed by atoms with Crippen LogP contribution in [-0.4, -0.2) is 30.2 Å². The number of amides is 2. The van der Waals surface area contributed by atoms with Gasteiger partial charge in [0.2, 0.25) is 5.91 Å². The largest absolute Gasteiger partial charge is 0.446 e. The molecule has 2 amide bonds. The van der Waals surface area contributed by atoms with Crippen molar-refractivity contribution >= 4 is 18.7 Å². The molecule has 0 unspecified atom stereocenters. The molecule has 0 spiro atoms. The Labute approximate surface area is 170 Å². The molecule has 28 heavy (non-hydrogen) atoms. The number of carbonyl (C=O) groups is 2. The van der Waals surface area contributed by atoms with E-state index < -0.39 is 6.09 Å². The van der Waals surface area contributed by atoms with Crippen molar-refractivity contribution in [3.63, 3.8) is 0 Å². The number of hydrogen-bond acceptors (Lipinski definition) is 3. The van der Waals surface area contributed by atoms with Crippen LogP contribution < -0.4 is 0 Å². The van der Waals surface area contributed by atoms with Crippen molar-refractivity contribution in [3.8, 4) is 0 Å². The molecule has 2 fully saturated rings. The van der Waals surface area contributed by atoms with E-state index in [2.05, 4.69) is 0 Å². The first-order chi connectivity index (χ1) is 13.7. The van der Waals surface area contributed by atoms with Crippen LogP contribution in [0, 0.1) is 5.92 Å². The molecule has 152 valence electrons. The third-order valence-electron chi connectivity index (χ3n) is 6.44. The Bertz CT molecular complexity index is 626. The van der Waals surface area contributed by atoms with Crippen molar-refractivity contribution in [2.75, 3.05) is 6.61 Å². The van der Waals surface area contributed by atoms with Crippen LogP contribution in [0.3, 0.4) is 0 Å². The summed E-state index contributed by atoms with van der Waals surface area (Å²) in [6.45, 7) is 3.02. The van der Waals surface area contributed by atoms with Crippen LogP contribution in [0.1, 0.15) is 69.9 Å². The number of nitrogens with zero attached hydrogens (tertiary/aromatic N) is 1. The topological polar surface area (TPSA) is 46.6 Å². The van der Waals surface area contributed by atoms with E-state index in [9.17, 15) is 9.59 Å². The lowest BCUT2D eigenvalue weighted by molar-refractivity contribution is -0.133. The molecule has 0 saturated carbocycles. The number of imide groups is 1. The number of benzene rings is 1. The van der Waals surface area contributed by atoms with Crippen molar-refractivity contribution in [2.45, 2.75) is 83.3 Å². The summed E-state index contributed by atoms with van der Waals surface area (Å²) in [7, 11) is 0. The fourth-order valence-corrected chi connectivity index (χ4v) is 4.67. The molecule has 0 radical (unpaired) electrons. The lowest BCUT2D eigenvalue weighted by Gasteiger charge is -2.23. The zero-order chi connectivity index (χ0) is 19.8. The highest BCUT2D eigenvalue weighted by atomic mass is 16.6. The van der Waals surface area contributed by atoms with Gasteiger partial charge in [0.1, 0.15) is 19.4 Å². The number of ether oxygens (including phenoxy) is 1. The van der Waals surface area contributed by atoms with Gasteiger partial charge in [-0.3, -0.25) is 4.79 Å². The zero-order valence-corrected chi connectivity index (χ0v) is 17.3. The molecule has 2 saturated heterocycles. The summed E-state index contributed by atoms with van der Waals surface area (Å²) in [4.78, 5) is 26.6. The van der Waals surface area contributed by atoms with Crippen LogP contribution in [0.15, 0.2) is 30.3 Å². The third-order valence-corrected chi connectivity index (χ3v) is 6.44. The Morgan fingerprint density at radius 2 is 1.75 bits per heavy atom. The van der Waals surface area contributed by atoms with Crippen LogP contribution in [0.5, 0.6) is 0 Å². The number of hydrogen-bond donors (Lipinski definition) is 0. The minimum absolute atomic E-state index is 0.0918. The van der Waals surface area contributed by atoms with Crippen LogP contribution in [0.25, 0.3) is 0 Å². The molecule has 4 nitrogen and oxygen atoms in total. The van der Waals surface area contributed by atoms with Crippen LogP contribution >= 0.6 is 0 Å². The molecule has 2 aliphatic heterocycles. The Morgan fingerprint density at radius 3 is 2.43 bits per heavy atom. The van der Waals surface area contributed by atoms with Crippen molar-refractivity contribution < 1.29 is 14.3 Å². The fourth-order valence-electron chi connectivity index (χ4n) is 4.67. The molecule has 0 N–H and O–H groups in total. The van der Waals surface area contributed by atoms with E-state index in [1.807, 2.05) is 37.3 Å². The maximum atomic E-state index is 13.0. The molecular weight excluding hydrogens is 349 g/mol. The molecule has 0 bridgehead atoms. The van der Waals surface area contributed by atoms with Crippen molar-refractivity contribution in [1.29, 1.82) is 0 Å². The Balaban J connectivity index is 1.51. The molecule has 5 heteroatoms. The second kappa shape index (κ2) is 10.7. The van der Waals surface area contributed by atoms with E-state index in [0.717, 1.165) is 25.1 Å². The average molecular weight is 383 g/mol. The summed E-state index contributed by atoms with van der Waals surface area (Å²) in [6, 6.07) is 9.41. The highest BCUT2D eigenvalue weighted by Crippen LogP contribution is 2.30. The van der Waals surface area contributed by atoms with Gasteiger partial charge in [-0.15, -0.1) is 0 Å². The molecule has 1 aromatic rings. The van der Waals surface area contributed by atoms with Crippen molar-refractivity contribution in [1.82, 2.24) is 4.90 Å². The van der Waals surface area contributed by atoms with Crippen LogP contribution in [-0.2, 0) is 9.53 Å². The van der Waals surface area contributed by atoms with E-state index in [-0.39, 0.29) is 24.5 Å². The van der Waals surface area contributed by atoms with E-state index >= 15 is 0 Å². The van der Waals surface area contributed by atoms with Gasteiger partial charge in [0.05, 0.1) is 0 Å². The highest BCUT2D eigenvalue weighted by Gasteiger charge is 2.40. The van der Waals surface area contributed by atoms with Gasteiger partial charge in [-0.2, -0.15) is 0 Å². The predicted octanol–water partition coefficient (Wildman–Crippen LogP) is 5.97. The standard InChI is InChI=1S/C23H34BNO3/c1-19(12-11-17-24-15-9-4-2-3-5-10-16-24)22(26)25-21(18-28-23(25)27)20-13-7-6-8-14-20/h6-8,13-14,19,21H,2-5,9-12,15-18H2,1H3/t19-,21-/m0/s1. The monoisotopic (exact) mass is 383 g/mol. The molecule has 3 rings (SSSR count). The number of cyclic esters (lactones) is 1. The van der Waals surface area contributed by atoms with Crippen LogP contribution in [0.2, 0.25) is 19.0 Å². The van der Waals surface area contributed by atoms with Gasteiger partial charge in [-0.1, -0.05) is 101 Å². The van der Waals surface area contributed by atoms with Gasteiger partial charge < -0.3 is 4.74 Å². The van der Waals surface area contributed by atoms with E-state index in [1.165, 1.54) is 62.4 Å². The minimum atomic E-state index is -0.498. The van der Waals surface area contributed by atoms with Crippen molar-refractivity contribution in [2.24, 2.45) is 5.92 Å². The van der Waals surface area contributed by atoms with E-state index in [0.29, 0.717) is 0 Å². The van der Waals surface area contributed by atoms with E-state index in [4.69, 9.17) is 4.74 Å². The van der Waals surface area contributed by atoms with Gasteiger partial charge in [0, 0.05) is 5.92 Å². The maximum absolute atomic E-state index is 13.0. The van der Waals surface area contributed by atoms with Gasteiger partial charge in [0.25, 0.3) is 0 Å². The summed E-state index contributed by atoms with van der Waals surface area (Å²) in [5.74, 6) is -0.237. The summed E-state index contributed by atoms with van der Waals surface area (Å²) in [5.41, 5.74) is 0.958. The zero-order valence-electron chi connectivity index (χ0n) is 17.3. The first kappa shape index (κ1) is 20.9. The lowest BCUT2D eigenvalue weighted by atomic mass is 9.41. The summed E-state index contributed by atoms with van der Waals surface area (Å²) < 4.78 is 5.21. The third kappa shape index (κ3) is 5.62. The van der Waals surface area contributed by atoms with Gasteiger partial charge in [-0.05, 0) is 12.0 Å². The molecule has 2 heterocycles. The minimum Gasteiger partial charge on any atom is -0.446 e. The second-order valence-corrected chi connectivity index (χ2v) is 8.61. The SMILES string of the molecule is C[C@@H](CCCB1CCCCCCCC1)C(=O)N1C(=O)OC[C@H]1c1ccccc1. The molecule has 0 aromatic heterocycles. The lowest BCUT2D eigenvalue weighted by Crippen LogP contribution is -2.37. The van der Waals surface area contributed by atoms with Gasteiger partial charge >= 0.3 is 6.09 Å². The Kier molecular flexibility index (Phi) is 7.99. The summed E-state index contributed by atoms with van der Waals surface area (Å²) in [5, 5.41) is 0. The molecule has 1 aromatic carbocycles. The van der Waals surface area contributed by atoms with Gasteiger partial charge in [0.15, 0.2) is 0 Å². The van der Waals surface area contributed by atoms with Gasteiger partial charge in [-0.25, -0.2) is 9.69 Å². The maximum Gasteiger partial charge on any atom is 0.417 e. The smallest absolute Gasteiger partial charge is 0.417 e. The Morgan fingerprint density at radius 1 is 1.11 bits per heavy atom. The Hall–Kier alpha value is -1.78. The number of carbonyl (C=O) groups excluding carboxylic acids is 2. The molecule has 2 aliphatic rings. The second-order valence-electron chi connectivity index (χ2n) is 8.61. The summed E-state index contributed by atoms with van der Waals surface area (Å²) >= 11 is 0. The normalized spacial score (nSPS) is 22.2. The molecular formula is C23H34BNO3.